The van der Waals surface area contributed by atoms with Gasteiger partial charge in [0.05, 0.1) is 13.0 Å². The van der Waals surface area contributed by atoms with Crippen molar-refractivity contribution in [1.82, 2.24) is 10.2 Å². The van der Waals surface area contributed by atoms with Gasteiger partial charge in [-0.2, -0.15) is 0 Å². The third-order valence-electron chi connectivity index (χ3n) is 5.17. The maximum absolute atomic E-state index is 13.2. The number of benzene rings is 1. The summed E-state index contributed by atoms with van der Waals surface area (Å²) in [5.41, 5.74) is 1.07. The van der Waals surface area contributed by atoms with Crippen molar-refractivity contribution in [1.29, 1.82) is 0 Å². The van der Waals surface area contributed by atoms with Gasteiger partial charge in [-0.3, -0.25) is 9.59 Å². The summed E-state index contributed by atoms with van der Waals surface area (Å²) >= 11 is 1.45. The molecule has 6 heteroatoms. The summed E-state index contributed by atoms with van der Waals surface area (Å²) in [6.07, 6.45) is 3.86. The summed E-state index contributed by atoms with van der Waals surface area (Å²) in [7, 11) is 1.59. The van der Waals surface area contributed by atoms with Gasteiger partial charge >= 0.3 is 0 Å². The number of carbonyl (C=O) groups is 2. The van der Waals surface area contributed by atoms with Crippen LogP contribution >= 0.6 is 11.3 Å². The van der Waals surface area contributed by atoms with E-state index in [2.05, 4.69) is 5.32 Å². The van der Waals surface area contributed by atoms with Gasteiger partial charge in [-0.25, -0.2) is 0 Å². The van der Waals surface area contributed by atoms with E-state index in [9.17, 15) is 9.59 Å². The standard InChI is InChI=1S/C21H24N2O3S/c1-26-17-12-18(14-6-3-2-4-7-14)27-19(17)21(25)23-11-5-8-15(13-23)20(24)22-16-9-10-16/h2-4,6-7,12,15-16H,5,8-11,13H2,1H3,(H,22,24). The number of piperidine rings is 1. The zero-order chi connectivity index (χ0) is 18.8. The van der Waals surface area contributed by atoms with Crippen LogP contribution in [0.15, 0.2) is 36.4 Å². The van der Waals surface area contributed by atoms with Crippen LogP contribution in [0.2, 0.25) is 0 Å². The van der Waals surface area contributed by atoms with Gasteiger partial charge < -0.3 is 15.0 Å². The summed E-state index contributed by atoms with van der Waals surface area (Å²) in [4.78, 5) is 29.0. The molecule has 2 aromatic rings. The minimum Gasteiger partial charge on any atom is -0.495 e. The lowest BCUT2D eigenvalue weighted by molar-refractivity contribution is -0.126. The first-order chi connectivity index (χ1) is 13.2. The third kappa shape index (κ3) is 4.00. The van der Waals surface area contributed by atoms with Crippen molar-refractivity contribution in [3.63, 3.8) is 0 Å². The molecular weight excluding hydrogens is 360 g/mol. The minimum atomic E-state index is -0.108. The van der Waals surface area contributed by atoms with Crippen LogP contribution in [0, 0.1) is 5.92 Å². The van der Waals surface area contributed by atoms with E-state index in [0.29, 0.717) is 29.8 Å². The van der Waals surface area contributed by atoms with Crippen LogP contribution in [0.3, 0.4) is 0 Å². The first-order valence-corrected chi connectivity index (χ1v) is 10.3. The van der Waals surface area contributed by atoms with Crippen LogP contribution in [0.25, 0.3) is 10.4 Å². The second kappa shape index (κ2) is 7.72. The van der Waals surface area contributed by atoms with Gasteiger partial charge in [0.2, 0.25) is 5.91 Å². The molecule has 4 rings (SSSR count). The number of ether oxygens (including phenoxy) is 1. The van der Waals surface area contributed by atoms with E-state index < -0.39 is 0 Å². The van der Waals surface area contributed by atoms with E-state index in [0.717, 1.165) is 36.1 Å². The van der Waals surface area contributed by atoms with E-state index in [4.69, 9.17) is 4.74 Å². The molecule has 1 aromatic carbocycles. The summed E-state index contributed by atoms with van der Waals surface area (Å²) in [6, 6.07) is 12.3. The fraction of sp³-hybridized carbons (Fsp3) is 0.429. The van der Waals surface area contributed by atoms with Crippen molar-refractivity contribution in [2.45, 2.75) is 31.7 Å². The van der Waals surface area contributed by atoms with E-state index in [1.807, 2.05) is 41.3 Å². The number of likely N-dealkylation sites (tertiary alicyclic amines) is 1. The summed E-state index contributed by atoms with van der Waals surface area (Å²) in [6.45, 7) is 1.17. The van der Waals surface area contributed by atoms with E-state index in [-0.39, 0.29) is 17.7 Å². The van der Waals surface area contributed by atoms with Gasteiger partial charge in [-0.15, -0.1) is 11.3 Å². The third-order valence-corrected chi connectivity index (χ3v) is 6.33. The lowest BCUT2D eigenvalue weighted by Crippen LogP contribution is -2.45. The summed E-state index contributed by atoms with van der Waals surface area (Å²) in [5, 5.41) is 3.07. The Kier molecular flexibility index (Phi) is 5.16. The molecule has 1 aliphatic heterocycles. The highest BCUT2D eigenvalue weighted by Gasteiger charge is 2.33. The second-order valence-corrected chi connectivity index (χ2v) is 8.30. The molecule has 0 spiro atoms. The first kappa shape index (κ1) is 18.0. The average Bonchev–Trinajstić information content (AvgIpc) is 3.42. The Morgan fingerprint density at radius 1 is 1.19 bits per heavy atom. The number of nitrogens with one attached hydrogen (secondary N) is 1. The molecule has 0 bridgehead atoms. The maximum Gasteiger partial charge on any atom is 0.267 e. The number of hydrogen-bond acceptors (Lipinski definition) is 4. The Labute approximate surface area is 163 Å². The maximum atomic E-state index is 13.2. The monoisotopic (exact) mass is 384 g/mol. The molecule has 5 nitrogen and oxygen atoms in total. The van der Waals surface area contributed by atoms with Crippen LogP contribution in [0.4, 0.5) is 0 Å². The Morgan fingerprint density at radius 2 is 1.96 bits per heavy atom. The van der Waals surface area contributed by atoms with Crippen LogP contribution in [0.1, 0.15) is 35.4 Å². The fourth-order valence-electron chi connectivity index (χ4n) is 3.49. The predicted octanol–water partition coefficient (Wildman–Crippen LogP) is 3.55. The number of thiophene rings is 1. The number of carbonyl (C=O) groups excluding carboxylic acids is 2. The molecule has 1 N–H and O–H groups in total. The molecule has 1 atom stereocenters. The number of amides is 2. The number of methoxy groups -OCH3 is 1. The summed E-state index contributed by atoms with van der Waals surface area (Å²) < 4.78 is 5.48. The molecule has 142 valence electrons. The van der Waals surface area contributed by atoms with E-state index in [1.54, 1.807) is 7.11 Å². The zero-order valence-corrected chi connectivity index (χ0v) is 16.3. The Hall–Kier alpha value is -2.34. The topological polar surface area (TPSA) is 58.6 Å². The smallest absolute Gasteiger partial charge is 0.267 e. The molecular formula is C21H24N2O3S. The molecule has 2 aliphatic rings. The SMILES string of the molecule is COc1cc(-c2ccccc2)sc1C(=O)N1CCCC(C(=O)NC2CC2)C1. The molecule has 1 saturated carbocycles. The highest BCUT2D eigenvalue weighted by atomic mass is 32.1. The van der Waals surface area contributed by atoms with Crippen molar-refractivity contribution < 1.29 is 14.3 Å². The summed E-state index contributed by atoms with van der Waals surface area (Å²) in [5.74, 6) is 0.553. The number of hydrogen-bond donors (Lipinski definition) is 1. The molecule has 1 saturated heterocycles. The molecule has 1 aliphatic carbocycles. The van der Waals surface area contributed by atoms with Gasteiger partial charge in [0.25, 0.3) is 5.91 Å². The number of nitrogens with zero attached hydrogens (tertiary/aromatic N) is 1. The predicted molar refractivity (Wildman–Crippen MR) is 106 cm³/mol. The van der Waals surface area contributed by atoms with Crippen LogP contribution in [-0.2, 0) is 4.79 Å². The molecule has 1 unspecified atom stereocenters. The van der Waals surface area contributed by atoms with Gasteiger partial charge in [-0.1, -0.05) is 30.3 Å². The average molecular weight is 385 g/mol. The molecule has 27 heavy (non-hydrogen) atoms. The Bertz CT molecular complexity index is 829. The lowest BCUT2D eigenvalue weighted by Gasteiger charge is -2.32. The van der Waals surface area contributed by atoms with Gasteiger partial charge in [0, 0.05) is 24.0 Å². The fourth-order valence-corrected chi connectivity index (χ4v) is 4.58. The van der Waals surface area contributed by atoms with E-state index >= 15 is 0 Å². The van der Waals surface area contributed by atoms with Crippen molar-refractivity contribution in [3.8, 4) is 16.2 Å². The van der Waals surface area contributed by atoms with Crippen LogP contribution in [0.5, 0.6) is 5.75 Å². The zero-order valence-electron chi connectivity index (χ0n) is 15.4. The molecule has 2 amide bonds. The van der Waals surface area contributed by atoms with Crippen LogP contribution in [-0.4, -0.2) is 43.0 Å². The van der Waals surface area contributed by atoms with Crippen molar-refractivity contribution in [2.75, 3.05) is 20.2 Å². The molecule has 1 aromatic heterocycles. The second-order valence-electron chi connectivity index (χ2n) is 7.25. The van der Waals surface area contributed by atoms with Gasteiger partial charge in [-0.05, 0) is 37.3 Å². The minimum absolute atomic E-state index is 0.0389. The van der Waals surface area contributed by atoms with Gasteiger partial charge in [0.1, 0.15) is 10.6 Å². The number of rotatable bonds is 5. The van der Waals surface area contributed by atoms with Gasteiger partial charge in [0.15, 0.2) is 0 Å². The molecule has 2 heterocycles. The highest BCUT2D eigenvalue weighted by Crippen LogP contribution is 2.37. The molecule has 2 fully saturated rings. The quantitative estimate of drug-likeness (QED) is 0.858. The van der Waals surface area contributed by atoms with E-state index in [1.165, 1.54) is 11.3 Å². The highest BCUT2D eigenvalue weighted by molar-refractivity contribution is 7.17. The normalized spacial score (nSPS) is 19.6. The van der Waals surface area contributed by atoms with Crippen molar-refractivity contribution >= 4 is 23.2 Å². The molecule has 0 radical (unpaired) electrons. The van der Waals surface area contributed by atoms with Crippen molar-refractivity contribution in [2.24, 2.45) is 5.92 Å². The first-order valence-electron chi connectivity index (χ1n) is 9.48. The van der Waals surface area contributed by atoms with Crippen molar-refractivity contribution in [3.05, 3.63) is 41.3 Å². The lowest BCUT2D eigenvalue weighted by atomic mass is 9.97. The van der Waals surface area contributed by atoms with Crippen LogP contribution < -0.4 is 10.1 Å². The largest absolute Gasteiger partial charge is 0.495 e. The Morgan fingerprint density at radius 3 is 2.67 bits per heavy atom. The Balaban J connectivity index is 1.51.